The van der Waals surface area contributed by atoms with Gasteiger partial charge >= 0.3 is 0 Å². The Balaban J connectivity index is 1.98. The molecule has 2 aromatic carbocycles. The first-order valence-electron chi connectivity index (χ1n) is 7.14. The van der Waals surface area contributed by atoms with Crippen LogP contribution in [0.1, 0.15) is 35.2 Å². The average Bonchev–Trinajstić information content (AvgIpc) is 2.46. The van der Waals surface area contributed by atoms with E-state index in [-0.39, 0.29) is 6.04 Å². The van der Waals surface area contributed by atoms with Gasteiger partial charge in [-0.1, -0.05) is 48.9 Å². The van der Waals surface area contributed by atoms with E-state index in [1.165, 1.54) is 27.1 Å². The maximum atomic E-state index is 6.29. The second kappa shape index (κ2) is 6.96. The van der Waals surface area contributed by atoms with E-state index < -0.39 is 0 Å². The minimum absolute atomic E-state index is 0.0895. The third-order valence-corrected chi connectivity index (χ3v) is 4.86. The van der Waals surface area contributed by atoms with Crippen LogP contribution in [0.3, 0.4) is 0 Å². The molecular weight excluding hydrogens is 262 g/mol. The van der Waals surface area contributed by atoms with Crippen molar-refractivity contribution in [3.8, 4) is 0 Å². The zero-order chi connectivity index (χ0) is 14.5. The van der Waals surface area contributed by atoms with Crippen LogP contribution in [0.4, 0.5) is 0 Å². The maximum Gasteiger partial charge on any atom is 0.0390 e. The Morgan fingerprint density at radius 1 is 1.05 bits per heavy atom. The highest BCUT2D eigenvalue weighted by Gasteiger charge is 2.08. The minimum Gasteiger partial charge on any atom is -0.323 e. The third-order valence-electron chi connectivity index (χ3n) is 3.56. The molecule has 0 saturated heterocycles. The van der Waals surface area contributed by atoms with E-state index in [1.54, 1.807) is 0 Å². The molecule has 0 saturated carbocycles. The van der Waals surface area contributed by atoms with Crippen molar-refractivity contribution >= 4 is 11.8 Å². The molecule has 2 rings (SSSR count). The fourth-order valence-electron chi connectivity index (χ4n) is 2.24. The lowest BCUT2D eigenvalue weighted by molar-refractivity contribution is 0.830. The van der Waals surface area contributed by atoms with Crippen LogP contribution in [0, 0.1) is 13.8 Å². The number of hydrogen-bond donors (Lipinski definition) is 1. The highest BCUT2D eigenvalue weighted by Crippen LogP contribution is 2.27. The molecule has 0 bridgehead atoms. The van der Waals surface area contributed by atoms with Crippen LogP contribution in [-0.4, -0.2) is 5.75 Å². The van der Waals surface area contributed by atoms with Crippen molar-refractivity contribution in [3.63, 3.8) is 0 Å². The van der Waals surface area contributed by atoms with Crippen molar-refractivity contribution in [2.45, 2.75) is 38.1 Å². The van der Waals surface area contributed by atoms with Crippen molar-refractivity contribution in [1.82, 2.24) is 0 Å². The van der Waals surface area contributed by atoms with Gasteiger partial charge in [-0.15, -0.1) is 11.8 Å². The van der Waals surface area contributed by atoms with Crippen molar-refractivity contribution in [1.29, 1.82) is 0 Å². The van der Waals surface area contributed by atoms with Crippen LogP contribution < -0.4 is 5.73 Å². The topological polar surface area (TPSA) is 26.0 Å². The van der Waals surface area contributed by atoms with Gasteiger partial charge in [0, 0.05) is 16.7 Å². The Hall–Kier alpha value is -1.25. The van der Waals surface area contributed by atoms with Gasteiger partial charge in [0.1, 0.15) is 0 Å². The first-order valence-corrected chi connectivity index (χ1v) is 8.13. The summed E-state index contributed by atoms with van der Waals surface area (Å²) < 4.78 is 0. The summed E-state index contributed by atoms with van der Waals surface area (Å²) in [6, 6.07) is 15.3. The molecule has 0 heterocycles. The number of thioether (sulfide) groups is 1. The van der Waals surface area contributed by atoms with Crippen molar-refractivity contribution in [2.75, 3.05) is 5.75 Å². The van der Waals surface area contributed by atoms with Gasteiger partial charge in [0.2, 0.25) is 0 Å². The van der Waals surface area contributed by atoms with Gasteiger partial charge in [-0.3, -0.25) is 0 Å². The first kappa shape index (κ1) is 15.1. The predicted molar refractivity (Wildman–Crippen MR) is 89.4 cm³/mol. The van der Waals surface area contributed by atoms with E-state index in [0.717, 1.165) is 12.2 Å². The predicted octanol–water partition coefficient (Wildman–Crippen LogP) is 4.66. The largest absolute Gasteiger partial charge is 0.323 e. The highest BCUT2D eigenvalue weighted by molar-refractivity contribution is 7.99. The van der Waals surface area contributed by atoms with E-state index >= 15 is 0 Å². The normalized spacial score (nSPS) is 12.4. The molecule has 0 aliphatic heterocycles. The highest BCUT2D eigenvalue weighted by atomic mass is 32.2. The third kappa shape index (κ3) is 3.87. The maximum absolute atomic E-state index is 6.29. The zero-order valence-electron chi connectivity index (χ0n) is 12.5. The second-order valence-electron chi connectivity index (χ2n) is 5.28. The lowest BCUT2D eigenvalue weighted by atomic mass is 10.1. The Morgan fingerprint density at radius 2 is 1.75 bits per heavy atom. The summed E-state index contributed by atoms with van der Waals surface area (Å²) in [5.74, 6) is 0.912. The molecule has 0 fully saturated rings. The molecule has 1 atom stereocenters. The Kier molecular flexibility index (Phi) is 5.27. The van der Waals surface area contributed by atoms with Crippen LogP contribution in [-0.2, 0) is 6.42 Å². The summed E-state index contributed by atoms with van der Waals surface area (Å²) in [5, 5.41) is 0. The average molecular weight is 285 g/mol. The van der Waals surface area contributed by atoms with E-state index in [4.69, 9.17) is 5.73 Å². The SMILES string of the molecule is CCc1ccc(C(N)CSc2ccc(C)cc2C)cc1. The lowest BCUT2D eigenvalue weighted by Gasteiger charge is -2.13. The summed E-state index contributed by atoms with van der Waals surface area (Å²) in [6.45, 7) is 6.46. The summed E-state index contributed by atoms with van der Waals surface area (Å²) in [6.07, 6.45) is 1.08. The van der Waals surface area contributed by atoms with Crippen LogP contribution in [0.15, 0.2) is 47.4 Å². The quantitative estimate of drug-likeness (QED) is 0.809. The van der Waals surface area contributed by atoms with Gasteiger partial charge in [0.25, 0.3) is 0 Å². The van der Waals surface area contributed by atoms with E-state index in [1.807, 2.05) is 11.8 Å². The second-order valence-corrected chi connectivity index (χ2v) is 6.34. The van der Waals surface area contributed by atoms with Crippen molar-refractivity contribution in [2.24, 2.45) is 5.73 Å². The van der Waals surface area contributed by atoms with Crippen LogP contribution in [0.2, 0.25) is 0 Å². The zero-order valence-corrected chi connectivity index (χ0v) is 13.3. The Morgan fingerprint density at radius 3 is 2.35 bits per heavy atom. The first-order chi connectivity index (χ1) is 9.60. The number of benzene rings is 2. The fourth-order valence-corrected chi connectivity index (χ4v) is 3.24. The molecule has 20 heavy (non-hydrogen) atoms. The summed E-state index contributed by atoms with van der Waals surface area (Å²) >= 11 is 1.84. The fraction of sp³-hybridized carbons (Fsp3) is 0.333. The van der Waals surface area contributed by atoms with Crippen LogP contribution in [0.25, 0.3) is 0 Å². The van der Waals surface area contributed by atoms with E-state index in [0.29, 0.717) is 0 Å². The van der Waals surface area contributed by atoms with Crippen molar-refractivity contribution < 1.29 is 0 Å². The van der Waals surface area contributed by atoms with E-state index in [9.17, 15) is 0 Å². The summed E-state index contributed by atoms with van der Waals surface area (Å²) in [4.78, 5) is 1.33. The Labute approximate surface area is 126 Å². The standard InChI is InChI=1S/C18H23NS/c1-4-15-6-8-16(9-7-15)17(19)12-20-18-10-5-13(2)11-14(18)3/h5-11,17H,4,12,19H2,1-3H3. The molecule has 0 aliphatic rings. The molecule has 0 spiro atoms. The summed E-state index contributed by atoms with van der Waals surface area (Å²) in [7, 11) is 0. The van der Waals surface area contributed by atoms with Gasteiger partial charge in [0.15, 0.2) is 0 Å². The molecule has 0 radical (unpaired) electrons. The number of hydrogen-bond acceptors (Lipinski definition) is 2. The number of nitrogens with two attached hydrogens (primary N) is 1. The van der Waals surface area contributed by atoms with Crippen LogP contribution >= 0.6 is 11.8 Å². The number of aryl methyl sites for hydroxylation is 3. The molecule has 106 valence electrons. The summed E-state index contributed by atoms with van der Waals surface area (Å²) in [5.41, 5.74) is 11.5. The van der Waals surface area contributed by atoms with Crippen molar-refractivity contribution in [3.05, 3.63) is 64.7 Å². The number of rotatable bonds is 5. The minimum atomic E-state index is 0.0895. The molecule has 0 aromatic heterocycles. The van der Waals surface area contributed by atoms with Gasteiger partial charge < -0.3 is 5.73 Å². The molecule has 2 heteroatoms. The lowest BCUT2D eigenvalue weighted by Crippen LogP contribution is -2.13. The monoisotopic (exact) mass is 285 g/mol. The van der Waals surface area contributed by atoms with E-state index in [2.05, 4.69) is 63.2 Å². The molecule has 1 nitrogen and oxygen atoms in total. The molecule has 2 aromatic rings. The molecule has 0 amide bonds. The van der Waals surface area contributed by atoms with Gasteiger partial charge in [-0.05, 0) is 43.0 Å². The molecular formula is C18H23NS. The molecule has 2 N–H and O–H groups in total. The van der Waals surface area contributed by atoms with Crippen LogP contribution in [0.5, 0.6) is 0 Å². The smallest absolute Gasteiger partial charge is 0.0390 e. The van der Waals surface area contributed by atoms with Gasteiger partial charge in [-0.25, -0.2) is 0 Å². The van der Waals surface area contributed by atoms with Gasteiger partial charge in [-0.2, -0.15) is 0 Å². The molecule has 1 unspecified atom stereocenters. The van der Waals surface area contributed by atoms with Gasteiger partial charge in [0.05, 0.1) is 0 Å². The molecule has 0 aliphatic carbocycles. The Bertz CT molecular complexity index is 560.